The Bertz CT molecular complexity index is 785. The molecule has 1 aromatic heterocycles. The van der Waals surface area contributed by atoms with Gasteiger partial charge in [0.15, 0.2) is 0 Å². The predicted octanol–water partition coefficient (Wildman–Crippen LogP) is 3.41. The molecule has 0 aliphatic carbocycles. The topological polar surface area (TPSA) is 42.7 Å². The fourth-order valence-electron chi connectivity index (χ4n) is 2.51. The van der Waals surface area contributed by atoms with Crippen LogP contribution in [0.1, 0.15) is 5.56 Å². The highest BCUT2D eigenvalue weighted by Gasteiger charge is 2.12. The molecule has 21 heavy (non-hydrogen) atoms. The molecule has 4 heteroatoms. The van der Waals surface area contributed by atoms with Crippen molar-refractivity contribution < 1.29 is 0 Å². The van der Waals surface area contributed by atoms with E-state index in [1.165, 1.54) is 11.1 Å². The fourth-order valence-corrected chi connectivity index (χ4v) is 2.51. The Morgan fingerprint density at radius 2 is 1.57 bits per heavy atom. The molecule has 2 aromatic carbocycles. The second-order valence-corrected chi connectivity index (χ2v) is 4.95. The lowest BCUT2D eigenvalue weighted by molar-refractivity contribution is 0.701. The largest absolute Gasteiger partial charge is 0.324 e. The van der Waals surface area contributed by atoms with Crippen molar-refractivity contribution in [3.05, 3.63) is 72.6 Å². The lowest BCUT2D eigenvalue weighted by Gasteiger charge is -2.16. The van der Waals surface area contributed by atoms with E-state index in [9.17, 15) is 0 Å². The van der Waals surface area contributed by atoms with Gasteiger partial charge >= 0.3 is 0 Å². The van der Waals surface area contributed by atoms with E-state index < -0.39 is 0 Å². The molecule has 1 aliphatic heterocycles. The smallest absolute Gasteiger partial charge is 0.225 e. The lowest BCUT2D eigenvalue weighted by Crippen LogP contribution is -2.13. The molecule has 0 atom stereocenters. The maximum absolute atomic E-state index is 4.20. The van der Waals surface area contributed by atoms with Crippen molar-refractivity contribution in [2.75, 3.05) is 5.32 Å². The maximum Gasteiger partial charge on any atom is 0.225 e. The van der Waals surface area contributed by atoms with Gasteiger partial charge in [0.1, 0.15) is 6.33 Å². The van der Waals surface area contributed by atoms with Gasteiger partial charge in [-0.3, -0.25) is 0 Å². The van der Waals surface area contributed by atoms with Gasteiger partial charge in [0, 0.05) is 5.70 Å². The summed E-state index contributed by atoms with van der Waals surface area (Å²) in [5.74, 6) is 0.791. The molecule has 2 heterocycles. The van der Waals surface area contributed by atoms with E-state index >= 15 is 0 Å². The Hall–Kier alpha value is -2.88. The molecule has 0 saturated heterocycles. The van der Waals surface area contributed by atoms with E-state index in [0.29, 0.717) is 0 Å². The van der Waals surface area contributed by atoms with E-state index in [-0.39, 0.29) is 0 Å². The minimum absolute atomic E-state index is 0.748. The summed E-state index contributed by atoms with van der Waals surface area (Å²) >= 11 is 0. The van der Waals surface area contributed by atoms with Gasteiger partial charge in [0.25, 0.3) is 0 Å². The van der Waals surface area contributed by atoms with Gasteiger partial charge in [-0.25, -0.2) is 4.68 Å². The average Bonchev–Trinajstić information content (AvgIpc) is 3.03. The summed E-state index contributed by atoms with van der Waals surface area (Å²) < 4.78 is 1.84. The second-order valence-electron chi connectivity index (χ2n) is 4.95. The van der Waals surface area contributed by atoms with E-state index in [1.54, 1.807) is 6.33 Å². The SMILES string of the molecule is C1=C(c2ccc(-c3ccccc3)cc2)Nc2ncnn2C1. The van der Waals surface area contributed by atoms with Gasteiger partial charge < -0.3 is 5.32 Å². The van der Waals surface area contributed by atoms with Crippen molar-refractivity contribution in [2.24, 2.45) is 0 Å². The highest BCUT2D eigenvalue weighted by atomic mass is 15.4. The first-order valence-corrected chi connectivity index (χ1v) is 6.91. The third-order valence-corrected chi connectivity index (χ3v) is 3.63. The monoisotopic (exact) mass is 274 g/mol. The quantitative estimate of drug-likeness (QED) is 0.778. The Morgan fingerprint density at radius 3 is 2.38 bits per heavy atom. The van der Waals surface area contributed by atoms with Crippen molar-refractivity contribution in [3.63, 3.8) is 0 Å². The molecule has 4 rings (SSSR count). The standard InChI is InChI=1S/C17H14N4/c1-2-4-13(5-3-1)14-6-8-15(9-7-14)16-10-11-21-17(20-16)18-12-19-21/h1-10,12H,11H2,(H,18,19,20). The van der Waals surface area contributed by atoms with E-state index in [1.807, 2.05) is 10.7 Å². The average molecular weight is 274 g/mol. The van der Waals surface area contributed by atoms with E-state index in [2.05, 4.69) is 70.0 Å². The van der Waals surface area contributed by atoms with Crippen LogP contribution in [0.4, 0.5) is 5.95 Å². The minimum atomic E-state index is 0.748. The van der Waals surface area contributed by atoms with Crippen LogP contribution < -0.4 is 5.32 Å². The summed E-state index contributed by atoms with van der Waals surface area (Å²) in [6, 6.07) is 18.9. The number of benzene rings is 2. The Labute approximate surface area is 122 Å². The lowest BCUT2D eigenvalue weighted by atomic mass is 10.0. The number of aromatic nitrogens is 3. The van der Waals surface area contributed by atoms with E-state index in [4.69, 9.17) is 0 Å². The number of allylic oxidation sites excluding steroid dienone is 1. The van der Waals surface area contributed by atoms with Crippen LogP contribution in [-0.2, 0) is 6.54 Å². The van der Waals surface area contributed by atoms with Gasteiger partial charge in [0.2, 0.25) is 5.95 Å². The Balaban J connectivity index is 1.61. The number of anilines is 1. The molecule has 3 aromatic rings. The predicted molar refractivity (Wildman–Crippen MR) is 83.5 cm³/mol. The Kier molecular flexibility index (Phi) is 2.78. The third kappa shape index (κ3) is 2.21. The van der Waals surface area contributed by atoms with Crippen LogP contribution in [0.15, 0.2) is 67.0 Å². The molecule has 0 unspecified atom stereocenters. The summed E-state index contributed by atoms with van der Waals surface area (Å²) in [6.07, 6.45) is 3.69. The van der Waals surface area contributed by atoms with Crippen molar-refractivity contribution in [3.8, 4) is 11.1 Å². The summed E-state index contributed by atoms with van der Waals surface area (Å²) in [5.41, 5.74) is 4.69. The fraction of sp³-hybridized carbons (Fsp3) is 0.0588. The van der Waals surface area contributed by atoms with Crippen molar-refractivity contribution in [2.45, 2.75) is 6.54 Å². The molecule has 0 saturated carbocycles. The normalized spacial score (nSPS) is 13.2. The number of rotatable bonds is 2. The van der Waals surface area contributed by atoms with Crippen LogP contribution in [0.2, 0.25) is 0 Å². The summed E-state index contributed by atoms with van der Waals surface area (Å²) in [5, 5.41) is 7.44. The molecule has 4 nitrogen and oxygen atoms in total. The second kappa shape index (κ2) is 4.90. The zero-order chi connectivity index (χ0) is 14.1. The highest BCUT2D eigenvalue weighted by Crippen LogP contribution is 2.24. The number of fused-ring (bicyclic) bond motifs is 1. The van der Waals surface area contributed by atoms with Gasteiger partial charge in [-0.1, -0.05) is 54.6 Å². The highest BCUT2D eigenvalue weighted by molar-refractivity contribution is 5.77. The first kappa shape index (κ1) is 11.9. The minimum Gasteiger partial charge on any atom is -0.324 e. The molecule has 1 aliphatic rings. The van der Waals surface area contributed by atoms with Crippen LogP contribution in [0.25, 0.3) is 16.8 Å². The van der Waals surface area contributed by atoms with Crippen LogP contribution in [0, 0.1) is 0 Å². The summed E-state index contributed by atoms with van der Waals surface area (Å²) in [7, 11) is 0. The molecule has 102 valence electrons. The third-order valence-electron chi connectivity index (χ3n) is 3.63. The van der Waals surface area contributed by atoms with Gasteiger partial charge in [-0.15, -0.1) is 0 Å². The van der Waals surface area contributed by atoms with Crippen LogP contribution >= 0.6 is 0 Å². The van der Waals surface area contributed by atoms with Crippen molar-refractivity contribution in [1.82, 2.24) is 14.8 Å². The van der Waals surface area contributed by atoms with Gasteiger partial charge in [-0.05, 0) is 22.8 Å². The molecule has 0 radical (unpaired) electrons. The summed E-state index contributed by atoms with van der Waals surface area (Å²) in [4.78, 5) is 4.20. The molecule has 1 N–H and O–H groups in total. The number of hydrogen-bond acceptors (Lipinski definition) is 3. The number of nitrogens with one attached hydrogen (secondary N) is 1. The molecule has 0 fully saturated rings. The zero-order valence-electron chi connectivity index (χ0n) is 11.4. The maximum atomic E-state index is 4.20. The van der Waals surface area contributed by atoms with Gasteiger partial charge in [-0.2, -0.15) is 10.1 Å². The van der Waals surface area contributed by atoms with Crippen LogP contribution in [-0.4, -0.2) is 14.8 Å². The molecular weight excluding hydrogens is 260 g/mol. The molecule has 0 bridgehead atoms. The number of nitrogens with zero attached hydrogens (tertiary/aromatic N) is 3. The van der Waals surface area contributed by atoms with Gasteiger partial charge in [0.05, 0.1) is 6.54 Å². The molecule has 0 amide bonds. The first-order valence-electron chi connectivity index (χ1n) is 6.91. The van der Waals surface area contributed by atoms with Crippen molar-refractivity contribution in [1.29, 1.82) is 0 Å². The van der Waals surface area contributed by atoms with Crippen molar-refractivity contribution >= 4 is 11.6 Å². The summed E-state index contributed by atoms with van der Waals surface area (Å²) in [6.45, 7) is 0.748. The number of hydrogen-bond donors (Lipinski definition) is 1. The first-order chi connectivity index (χ1) is 10.4. The Morgan fingerprint density at radius 1 is 0.857 bits per heavy atom. The molecular formula is C17H14N4. The zero-order valence-corrected chi connectivity index (χ0v) is 11.4. The van der Waals surface area contributed by atoms with Crippen LogP contribution in [0.3, 0.4) is 0 Å². The molecule has 0 spiro atoms. The van der Waals surface area contributed by atoms with Crippen LogP contribution in [0.5, 0.6) is 0 Å². The van der Waals surface area contributed by atoms with E-state index in [0.717, 1.165) is 23.8 Å².